The summed E-state index contributed by atoms with van der Waals surface area (Å²) < 4.78 is 0. The van der Waals surface area contributed by atoms with Gasteiger partial charge in [-0.1, -0.05) is 24.3 Å². The molecule has 0 bridgehead atoms. The molecular weight excluding hydrogens is 314 g/mol. The summed E-state index contributed by atoms with van der Waals surface area (Å²) in [7, 11) is 0. The van der Waals surface area contributed by atoms with Crippen molar-refractivity contribution in [3.63, 3.8) is 0 Å². The maximum absolute atomic E-state index is 12.8. The normalized spacial score (nSPS) is 13.4. The number of aryl methyl sites for hydroxylation is 3. The molecule has 3 rings (SSSR count). The molecule has 0 saturated carbocycles. The van der Waals surface area contributed by atoms with Crippen molar-refractivity contribution in [2.24, 2.45) is 0 Å². The highest BCUT2D eigenvalue weighted by Gasteiger charge is 2.22. The zero-order valence-corrected chi connectivity index (χ0v) is 14.7. The summed E-state index contributed by atoms with van der Waals surface area (Å²) in [4.78, 5) is 25.5. The largest absolute Gasteiger partial charge is 0.481 e. The van der Waals surface area contributed by atoms with Crippen LogP contribution in [0, 0.1) is 13.8 Å². The van der Waals surface area contributed by atoms with Crippen LogP contribution in [0.3, 0.4) is 0 Å². The standard InChI is InChI=1S/C21H23NO3/c1-14-3-6-18(11-15(14)2)21(25)22-10-9-17-7-4-16(5-8-20(23)24)12-19(17)13-22/h3-4,6-7,11-12H,5,8-10,13H2,1-2H3,(H,23,24). The van der Waals surface area contributed by atoms with Gasteiger partial charge in [-0.15, -0.1) is 0 Å². The Balaban J connectivity index is 1.77. The number of fused-ring (bicyclic) bond motifs is 1. The third-order valence-corrected chi connectivity index (χ3v) is 4.95. The second-order valence-electron chi connectivity index (χ2n) is 6.77. The van der Waals surface area contributed by atoms with Crippen LogP contribution in [-0.4, -0.2) is 28.4 Å². The Morgan fingerprint density at radius 2 is 1.84 bits per heavy atom. The van der Waals surface area contributed by atoms with Crippen molar-refractivity contribution in [1.29, 1.82) is 0 Å². The fraction of sp³-hybridized carbons (Fsp3) is 0.333. The molecule has 4 heteroatoms. The van der Waals surface area contributed by atoms with Crippen LogP contribution in [0.4, 0.5) is 0 Å². The maximum atomic E-state index is 12.8. The molecule has 1 heterocycles. The highest BCUT2D eigenvalue weighted by molar-refractivity contribution is 5.94. The van der Waals surface area contributed by atoms with Crippen LogP contribution >= 0.6 is 0 Å². The quantitative estimate of drug-likeness (QED) is 0.929. The first-order valence-corrected chi connectivity index (χ1v) is 8.63. The topological polar surface area (TPSA) is 57.6 Å². The zero-order valence-electron chi connectivity index (χ0n) is 14.7. The second kappa shape index (κ2) is 7.09. The number of carboxylic acids is 1. The summed E-state index contributed by atoms with van der Waals surface area (Å²) in [5.74, 6) is -0.728. The molecular formula is C21H23NO3. The molecule has 0 saturated heterocycles. The van der Waals surface area contributed by atoms with Gasteiger partial charge in [0.1, 0.15) is 0 Å². The number of benzene rings is 2. The number of amides is 1. The number of hydrogen-bond acceptors (Lipinski definition) is 2. The van der Waals surface area contributed by atoms with Crippen molar-refractivity contribution in [3.05, 3.63) is 69.8 Å². The number of hydrogen-bond donors (Lipinski definition) is 1. The van der Waals surface area contributed by atoms with Crippen LogP contribution in [0.15, 0.2) is 36.4 Å². The van der Waals surface area contributed by atoms with Crippen LogP contribution in [-0.2, 0) is 24.2 Å². The van der Waals surface area contributed by atoms with E-state index in [1.807, 2.05) is 43.0 Å². The summed E-state index contributed by atoms with van der Waals surface area (Å²) in [5, 5.41) is 8.84. The SMILES string of the molecule is Cc1ccc(C(=O)N2CCc3ccc(CCC(=O)O)cc3C2)cc1C. The van der Waals surface area contributed by atoms with Gasteiger partial charge in [0.05, 0.1) is 0 Å². The lowest BCUT2D eigenvalue weighted by atomic mass is 9.95. The minimum absolute atomic E-state index is 0.0599. The van der Waals surface area contributed by atoms with Gasteiger partial charge < -0.3 is 10.0 Å². The number of rotatable bonds is 4. The van der Waals surface area contributed by atoms with E-state index in [2.05, 4.69) is 12.1 Å². The molecule has 25 heavy (non-hydrogen) atoms. The predicted molar refractivity (Wildman–Crippen MR) is 96.8 cm³/mol. The van der Waals surface area contributed by atoms with Crippen molar-refractivity contribution < 1.29 is 14.7 Å². The van der Waals surface area contributed by atoms with Crippen LogP contribution < -0.4 is 0 Å². The Kier molecular flexibility index (Phi) is 4.88. The van der Waals surface area contributed by atoms with Gasteiger partial charge in [0.2, 0.25) is 0 Å². The summed E-state index contributed by atoms with van der Waals surface area (Å²) in [6, 6.07) is 12.0. The van der Waals surface area contributed by atoms with Gasteiger partial charge in [-0.05, 0) is 66.6 Å². The smallest absolute Gasteiger partial charge is 0.303 e. The van der Waals surface area contributed by atoms with Crippen molar-refractivity contribution in [1.82, 2.24) is 4.90 Å². The molecule has 0 fully saturated rings. The van der Waals surface area contributed by atoms with Crippen LogP contribution in [0.5, 0.6) is 0 Å². The molecule has 0 atom stereocenters. The molecule has 1 N–H and O–H groups in total. The molecule has 0 aromatic heterocycles. The minimum atomic E-state index is -0.788. The molecule has 1 amide bonds. The lowest BCUT2D eigenvalue weighted by Crippen LogP contribution is -2.36. The van der Waals surface area contributed by atoms with Gasteiger partial charge in [0.25, 0.3) is 5.91 Å². The van der Waals surface area contributed by atoms with E-state index < -0.39 is 5.97 Å². The molecule has 1 aliphatic rings. The molecule has 0 spiro atoms. The van der Waals surface area contributed by atoms with E-state index in [-0.39, 0.29) is 12.3 Å². The van der Waals surface area contributed by atoms with Gasteiger partial charge in [0, 0.05) is 25.1 Å². The molecule has 2 aromatic rings. The first kappa shape index (κ1) is 17.2. The van der Waals surface area contributed by atoms with Crippen LogP contribution in [0.25, 0.3) is 0 Å². The summed E-state index contributed by atoms with van der Waals surface area (Å²) in [6.45, 7) is 5.36. The van der Waals surface area contributed by atoms with Crippen molar-refractivity contribution >= 4 is 11.9 Å². The maximum Gasteiger partial charge on any atom is 0.303 e. The van der Waals surface area contributed by atoms with E-state index >= 15 is 0 Å². The van der Waals surface area contributed by atoms with Gasteiger partial charge >= 0.3 is 5.97 Å². The average molecular weight is 337 g/mol. The first-order chi connectivity index (χ1) is 11.9. The third-order valence-electron chi connectivity index (χ3n) is 4.95. The fourth-order valence-electron chi connectivity index (χ4n) is 3.25. The van der Waals surface area contributed by atoms with Crippen LogP contribution in [0.1, 0.15) is 44.6 Å². The predicted octanol–water partition coefficient (Wildman–Crippen LogP) is 3.52. The van der Waals surface area contributed by atoms with Gasteiger partial charge in [-0.3, -0.25) is 9.59 Å². The van der Waals surface area contributed by atoms with Crippen molar-refractivity contribution in [2.45, 2.75) is 39.7 Å². The summed E-state index contributed by atoms with van der Waals surface area (Å²) in [6.07, 6.45) is 1.49. The van der Waals surface area contributed by atoms with E-state index in [0.717, 1.165) is 28.7 Å². The number of carboxylic acid groups (broad SMARTS) is 1. The number of nitrogens with zero attached hydrogens (tertiary/aromatic N) is 1. The molecule has 0 radical (unpaired) electrons. The van der Waals surface area contributed by atoms with Gasteiger partial charge in [-0.2, -0.15) is 0 Å². The lowest BCUT2D eigenvalue weighted by molar-refractivity contribution is -0.136. The molecule has 2 aromatic carbocycles. The third kappa shape index (κ3) is 3.90. The number of carbonyl (C=O) groups excluding carboxylic acids is 1. The molecule has 4 nitrogen and oxygen atoms in total. The minimum Gasteiger partial charge on any atom is -0.481 e. The van der Waals surface area contributed by atoms with E-state index in [4.69, 9.17) is 5.11 Å². The molecule has 1 aliphatic heterocycles. The zero-order chi connectivity index (χ0) is 18.0. The molecule has 0 aliphatic carbocycles. The summed E-state index contributed by atoms with van der Waals surface area (Å²) >= 11 is 0. The van der Waals surface area contributed by atoms with E-state index in [1.54, 1.807) is 0 Å². The highest BCUT2D eigenvalue weighted by Crippen LogP contribution is 2.23. The summed E-state index contributed by atoms with van der Waals surface area (Å²) in [5.41, 5.74) is 6.44. The Hall–Kier alpha value is -2.62. The first-order valence-electron chi connectivity index (χ1n) is 8.63. The van der Waals surface area contributed by atoms with Crippen LogP contribution in [0.2, 0.25) is 0 Å². The Morgan fingerprint density at radius 1 is 1.04 bits per heavy atom. The monoisotopic (exact) mass is 337 g/mol. The Bertz CT molecular complexity index is 826. The molecule has 0 unspecified atom stereocenters. The van der Waals surface area contributed by atoms with E-state index in [1.165, 1.54) is 11.1 Å². The number of aliphatic carboxylic acids is 1. The van der Waals surface area contributed by atoms with Crippen molar-refractivity contribution in [2.75, 3.05) is 6.54 Å². The highest BCUT2D eigenvalue weighted by atomic mass is 16.4. The Morgan fingerprint density at radius 3 is 2.56 bits per heavy atom. The number of carbonyl (C=O) groups is 2. The molecule has 130 valence electrons. The van der Waals surface area contributed by atoms with E-state index in [0.29, 0.717) is 19.5 Å². The van der Waals surface area contributed by atoms with E-state index in [9.17, 15) is 9.59 Å². The Labute approximate surface area is 148 Å². The average Bonchev–Trinajstić information content (AvgIpc) is 2.61. The lowest BCUT2D eigenvalue weighted by Gasteiger charge is -2.29. The van der Waals surface area contributed by atoms with Gasteiger partial charge in [0.15, 0.2) is 0 Å². The second-order valence-corrected chi connectivity index (χ2v) is 6.77. The van der Waals surface area contributed by atoms with Gasteiger partial charge in [-0.25, -0.2) is 0 Å². The fourth-order valence-corrected chi connectivity index (χ4v) is 3.25. The van der Waals surface area contributed by atoms with Crippen molar-refractivity contribution in [3.8, 4) is 0 Å².